The summed E-state index contributed by atoms with van der Waals surface area (Å²) < 4.78 is 5.58. The Morgan fingerprint density at radius 1 is 1.32 bits per heavy atom. The quantitative estimate of drug-likeness (QED) is 0.674. The van der Waals surface area contributed by atoms with Crippen LogP contribution in [0.25, 0.3) is 0 Å². The lowest BCUT2D eigenvalue weighted by Crippen LogP contribution is -2.51. The second-order valence-corrected chi connectivity index (χ2v) is 4.54. The fraction of sp³-hybridized carbons (Fsp3) is 0.533. The van der Waals surface area contributed by atoms with Gasteiger partial charge in [0.2, 0.25) is 0 Å². The summed E-state index contributed by atoms with van der Waals surface area (Å²) in [4.78, 5) is 11.4. The summed E-state index contributed by atoms with van der Waals surface area (Å²) in [6.45, 7) is 5.01. The molecule has 0 fully saturated rings. The lowest BCUT2D eigenvalue weighted by Gasteiger charge is -2.29. The Bertz CT molecular complexity index is 380. The van der Waals surface area contributed by atoms with Crippen LogP contribution in [0.5, 0.6) is 5.75 Å². The van der Waals surface area contributed by atoms with Gasteiger partial charge in [0.15, 0.2) is 0 Å². The molecule has 1 aromatic carbocycles. The highest BCUT2D eigenvalue weighted by Crippen LogP contribution is 2.18. The summed E-state index contributed by atoms with van der Waals surface area (Å²) in [5, 5.41) is 12.5. The summed E-state index contributed by atoms with van der Waals surface area (Å²) in [5.41, 5.74) is -0.825. The van der Waals surface area contributed by atoms with E-state index >= 15 is 0 Å². The third-order valence-corrected chi connectivity index (χ3v) is 3.29. The summed E-state index contributed by atoms with van der Waals surface area (Å²) in [7, 11) is 0. The van der Waals surface area contributed by atoms with E-state index in [2.05, 4.69) is 5.32 Å². The number of nitrogens with one attached hydrogen (secondary N) is 1. The molecule has 0 saturated heterocycles. The van der Waals surface area contributed by atoms with Crippen molar-refractivity contribution in [1.82, 2.24) is 5.32 Å². The highest BCUT2D eigenvalue weighted by atomic mass is 16.5. The van der Waals surface area contributed by atoms with Gasteiger partial charge in [0, 0.05) is 0 Å². The fourth-order valence-corrected chi connectivity index (χ4v) is 2.14. The highest BCUT2D eigenvalue weighted by Gasteiger charge is 2.34. The van der Waals surface area contributed by atoms with Crippen LogP contribution in [-0.4, -0.2) is 29.8 Å². The Morgan fingerprint density at radius 3 is 2.53 bits per heavy atom. The summed E-state index contributed by atoms with van der Waals surface area (Å²) >= 11 is 0. The molecule has 0 aliphatic carbocycles. The van der Waals surface area contributed by atoms with E-state index in [0.717, 1.165) is 5.75 Å². The first-order valence-electron chi connectivity index (χ1n) is 6.81. The van der Waals surface area contributed by atoms with Crippen LogP contribution in [0.15, 0.2) is 30.3 Å². The van der Waals surface area contributed by atoms with Crippen LogP contribution in [0.1, 0.15) is 33.1 Å². The van der Waals surface area contributed by atoms with Gasteiger partial charge in [-0.05, 0) is 37.9 Å². The third kappa shape index (κ3) is 4.56. The van der Waals surface area contributed by atoms with Crippen molar-refractivity contribution in [3.8, 4) is 5.75 Å². The summed E-state index contributed by atoms with van der Waals surface area (Å²) in [5.74, 6) is 0.0416. The number of carboxylic acids is 1. The zero-order valence-electron chi connectivity index (χ0n) is 11.7. The van der Waals surface area contributed by atoms with Crippen molar-refractivity contribution in [1.29, 1.82) is 0 Å². The van der Waals surface area contributed by atoms with Gasteiger partial charge in [0.1, 0.15) is 11.3 Å². The molecule has 0 bridgehead atoms. The molecule has 1 rings (SSSR count). The Labute approximate surface area is 114 Å². The smallest absolute Gasteiger partial charge is 0.323 e. The minimum absolute atomic E-state index is 0.532. The van der Waals surface area contributed by atoms with Gasteiger partial charge >= 0.3 is 5.97 Å². The number of ether oxygens (including phenoxy) is 1. The number of hydrogen-bond donors (Lipinski definition) is 2. The zero-order valence-corrected chi connectivity index (χ0v) is 11.7. The van der Waals surface area contributed by atoms with Crippen LogP contribution in [0, 0.1) is 0 Å². The molecule has 0 saturated carbocycles. The Balaban J connectivity index is 2.42. The predicted octanol–water partition coefficient (Wildman–Crippen LogP) is 2.69. The predicted molar refractivity (Wildman–Crippen MR) is 75.5 cm³/mol. The van der Waals surface area contributed by atoms with Crippen LogP contribution in [0.3, 0.4) is 0 Å². The first kappa shape index (κ1) is 15.5. The number of carbonyl (C=O) groups is 1. The van der Waals surface area contributed by atoms with Crippen LogP contribution < -0.4 is 10.1 Å². The average molecular weight is 265 g/mol. The molecule has 4 nitrogen and oxygen atoms in total. The van der Waals surface area contributed by atoms with Crippen molar-refractivity contribution in [2.75, 3.05) is 13.2 Å². The zero-order chi connectivity index (χ0) is 14.1. The van der Waals surface area contributed by atoms with Crippen molar-refractivity contribution < 1.29 is 14.6 Å². The van der Waals surface area contributed by atoms with E-state index in [0.29, 0.717) is 32.4 Å². The van der Waals surface area contributed by atoms with Crippen LogP contribution in [0.4, 0.5) is 0 Å². The van der Waals surface area contributed by atoms with E-state index in [4.69, 9.17) is 4.74 Å². The van der Waals surface area contributed by atoms with Gasteiger partial charge in [0.25, 0.3) is 0 Å². The van der Waals surface area contributed by atoms with Crippen molar-refractivity contribution in [3.05, 3.63) is 30.3 Å². The van der Waals surface area contributed by atoms with Crippen molar-refractivity contribution in [2.24, 2.45) is 0 Å². The number of rotatable bonds is 9. The maximum Gasteiger partial charge on any atom is 0.323 e. The molecule has 0 radical (unpaired) electrons. The van der Waals surface area contributed by atoms with Gasteiger partial charge in [-0.1, -0.05) is 32.0 Å². The van der Waals surface area contributed by atoms with Crippen molar-refractivity contribution in [3.63, 3.8) is 0 Å². The number of para-hydroxylation sites is 1. The maximum absolute atomic E-state index is 11.4. The topological polar surface area (TPSA) is 58.6 Å². The minimum atomic E-state index is -0.825. The summed E-state index contributed by atoms with van der Waals surface area (Å²) in [6.07, 6.45) is 1.85. The molecule has 1 atom stereocenters. The first-order valence-corrected chi connectivity index (χ1v) is 6.81. The molecule has 1 unspecified atom stereocenters. The van der Waals surface area contributed by atoms with Crippen molar-refractivity contribution >= 4 is 5.97 Å². The molecule has 2 N–H and O–H groups in total. The molecule has 0 amide bonds. The first-order chi connectivity index (χ1) is 9.14. The van der Waals surface area contributed by atoms with Crippen molar-refractivity contribution in [2.45, 2.75) is 38.6 Å². The van der Waals surface area contributed by atoms with Gasteiger partial charge in [-0.15, -0.1) is 0 Å². The van der Waals surface area contributed by atoms with E-state index in [1.165, 1.54) is 0 Å². The Morgan fingerprint density at radius 2 is 2.00 bits per heavy atom. The van der Waals surface area contributed by atoms with E-state index in [-0.39, 0.29) is 0 Å². The molecule has 0 aliphatic rings. The Kier molecular flexibility index (Phi) is 6.36. The van der Waals surface area contributed by atoms with E-state index in [9.17, 15) is 9.90 Å². The molecule has 0 aliphatic heterocycles. The average Bonchev–Trinajstić information content (AvgIpc) is 2.43. The molecular weight excluding hydrogens is 242 g/mol. The minimum Gasteiger partial charge on any atom is -0.494 e. The molecule has 0 aromatic heterocycles. The van der Waals surface area contributed by atoms with E-state index in [1.54, 1.807) is 0 Å². The number of benzene rings is 1. The van der Waals surface area contributed by atoms with Gasteiger partial charge in [0.05, 0.1) is 6.61 Å². The standard InChI is InChI=1S/C15H23NO3/c1-3-15(14(17)18,16-4-2)11-8-12-19-13-9-6-5-7-10-13/h5-7,9-10,16H,3-4,8,11-12H2,1-2H3,(H,17,18). The number of aliphatic carboxylic acids is 1. The Hall–Kier alpha value is -1.55. The number of likely N-dealkylation sites (N-methyl/N-ethyl adjacent to an activating group) is 1. The molecule has 4 heteroatoms. The SMILES string of the molecule is CCNC(CC)(CCCOc1ccccc1)C(=O)O. The fourth-order valence-electron chi connectivity index (χ4n) is 2.14. The third-order valence-electron chi connectivity index (χ3n) is 3.29. The molecule has 19 heavy (non-hydrogen) atoms. The van der Waals surface area contributed by atoms with Crippen LogP contribution in [0.2, 0.25) is 0 Å². The lowest BCUT2D eigenvalue weighted by atomic mass is 9.90. The van der Waals surface area contributed by atoms with E-state index < -0.39 is 11.5 Å². The lowest BCUT2D eigenvalue weighted by molar-refractivity contribution is -0.145. The second-order valence-electron chi connectivity index (χ2n) is 4.54. The second kappa shape index (κ2) is 7.79. The van der Waals surface area contributed by atoms with Gasteiger partial charge in [-0.25, -0.2) is 0 Å². The number of hydrogen-bond acceptors (Lipinski definition) is 3. The largest absolute Gasteiger partial charge is 0.494 e. The van der Waals surface area contributed by atoms with Crippen LogP contribution >= 0.6 is 0 Å². The molecule has 106 valence electrons. The van der Waals surface area contributed by atoms with Crippen LogP contribution in [-0.2, 0) is 4.79 Å². The molecule has 1 aromatic rings. The van der Waals surface area contributed by atoms with Gasteiger partial charge in [-0.3, -0.25) is 4.79 Å². The highest BCUT2D eigenvalue weighted by molar-refractivity contribution is 5.78. The normalized spacial score (nSPS) is 13.8. The maximum atomic E-state index is 11.4. The van der Waals surface area contributed by atoms with Gasteiger partial charge in [-0.2, -0.15) is 0 Å². The van der Waals surface area contributed by atoms with E-state index in [1.807, 2.05) is 44.2 Å². The molecule has 0 spiro atoms. The monoisotopic (exact) mass is 265 g/mol. The number of carboxylic acid groups (broad SMARTS) is 1. The molecule has 0 heterocycles. The van der Waals surface area contributed by atoms with Gasteiger partial charge < -0.3 is 15.2 Å². The summed E-state index contributed by atoms with van der Waals surface area (Å²) in [6, 6.07) is 9.57. The molecular formula is C15H23NO3.